The average molecular weight is 330 g/mol. The Balaban J connectivity index is 1.79. The van der Waals surface area contributed by atoms with E-state index in [1.54, 1.807) is 0 Å². The lowest BCUT2D eigenvalue weighted by atomic mass is 9.69. The molecule has 0 spiro atoms. The Morgan fingerprint density at radius 1 is 1.17 bits per heavy atom. The fraction of sp³-hybridized carbons (Fsp3) is 0.938. The van der Waals surface area contributed by atoms with Gasteiger partial charge in [0.2, 0.25) is 0 Å². The van der Waals surface area contributed by atoms with Crippen molar-refractivity contribution < 1.29 is 34.7 Å². The SMILES string of the molecule is CC1(C)[C@H]2CC(=O)[C@]1(C)[C@H](O[C@@H]1O[C@H](CO)[C@@H](O)[C@H](O)[C@H]1O)C2. The number of Topliss-reactive ketones (excluding diaryl/α,β-unsaturated/α-hetero) is 1. The molecule has 2 bridgehead atoms. The zero-order valence-electron chi connectivity index (χ0n) is 13.7. The summed E-state index contributed by atoms with van der Waals surface area (Å²) in [5.74, 6) is 0.364. The Hall–Kier alpha value is -0.570. The summed E-state index contributed by atoms with van der Waals surface area (Å²) in [5, 5.41) is 39.0. The molecule has 0 aromatic carbocycles. The van der Waals surface area contributed by atoms with E-state index in [2.05, 4.69) is 13.8 Å². The Bertz CT molecular complexity index is 491. The molecule has 0 amide bonds. The predicted octanol–water partition coefficient (Wildman–Crippen LogP) is -0.803. The number of ether oxygens (including phenoxy) is 2. The van der Waals surface area contributed by atoms with Crippen molar-refractivity contribution in [3.05, 3.63) is 0 Å². The highest BCUT2D eigenvalue weighted by Gasteiger charge is 2.67. The van der Waals surface area contributed by atoms with Crippen LogP contribution in [0.5, 0.6) is 0 Å². The van der Waals surface area contributed by atoms with Crippen molar-refractivity contribution in [1.82, 2.24) is 0 Å². The number of carbonyl (C=O) groups excluding carboxylic acids is 1. The Labute approximate surface area is 135 Å². The van der Waals surface area contributed by atoms with Gasteiger partial charge in [0.25, 0.3) is 0 Å². The molecule has 0 radical (unpaired) electrons. The summed E-state index contributed by atoms with van der Waals surface area (Å²) in [4.78, 5) is 12.4. The third kappa shape index (κ3) is 2.22. The summed E-state index contributed by atoms with van der Waals surface area (Å²) in [6, 6.07) is 0. The van der Waals surface area contributed by atoms with Gasteiger partial charge in [-0.05, 0) is 24.7 Å². The van der Waals surface area contributed by atoms with Crippen LogP contribution in [0.4, 0.5) is 0 Å². The number of ketones is 1. The van der Waals surface area contributed by atoms with Gasteiger partial charge < -0.3 is 29.9 Å². The molecule has 132 valence electrons. The molecule has 8 atom stereocenters. The minimum atomic E-state index is -1.47. The van der Waals surface area contributed by atoms with Crippen LogP contribution in [-0.2, 0) is 14.3 Å². The predicted molar refractivity (Wildman–Crippen MR) is 78.3 cm³/mol. The van der Waals surface area contributed by atoms with Crippen molar-refractivity contribution in [2.45, 2.75) is 70.4 Å². The molecule has 1 heterocycles. The number of carbonyl (C=O) groups is 1. The normalized spacial score (nSPS) is 52.1. The number of hydrogen-bond donors (Lipinski definition) is 4. The van der Waals surface area contributed by atoms with Crippen molar-refractivity contribution in [2.24, 2.45) is 16.7 Å². The largest absolute Gasteiger partial charge is 0.394 e. The van der Waals surface area contributed by atoms with Crippen LogP contribution in [0.3, 0.4) is 0 Å². The van der Waals surface area contributed by atoms with E-state index < -0.39 is 48.8 Å². The molecule has 7 heteroatoms. The molecule has 2 saturated carbocycles. The number of aliphatic hydroxyl groups is 4. The van der Waals surface area contributed by atoms with Gasteiger partial charge in [-0.1, -0.05) is 13.8 Å². The third-order valence-corrected chi connectivity index (χ3v) is 6.66. The first-order valence-electron chi connectivity index (χ1n) is 8.13. The molecule has 0 aromatic rings. The maximum Gasteiger partial charge on any atom is 0.187 e. The molecule has 1 aliphatic heterocycles. The van der Waals surface area contributed by atoms with E-state index in [0.717, 1.165) is 0 Å². The van der Waals surface area contributed by atoms with Crippen LogP contribution in [-0.4, -0.2) is 69.6 Å². The summed E-state index contributed by atoms with van der Waals surface area (Å²) >= 11 is 0. The zero-order chi connectivity index (χ0) is 17.2. The van der Waals surface area contributed by atoms with Crippen molar-refractivity contribution in [2.75, 3.05) is 6.61 Å². The topological polar surface area (TPSA) is 116 Å². The van der Waals surface area contributed by atoms with Crippen molar-refractivity contribution >= 4 is 5.78 Å². The first-order valence-corrected chi connectivity index (χ1v) is 8.13. The smallest absolute Gasteiger partial charge is 0.187 e. The first-order chi connectivity index (χ1) is 10.6. The summed E-state index contributed by atoms with van der Waals surface area (Å²) in [5.41, 5.74) is -0.876. The molecular formula is C16H26O7. The van der Waals surface area contributed by atoms with E-state index >= 15 is 0 Å². The fourth-order valence-corrected chi connectivity index (χ4v) is 4.47. The summed E-state index contributed by atoms with van der Waals surface area (Å²) < 4.78 is 11.3. The quantitative estimate of drug-likeness (QED) is 0.535. The van der Waals surface area contributed by atoms with E-state index in [1.165, 1.54) is 0 Å². The summed E-state index contributed by atoms with van der Waals surface area (Å²) in [6.45, 7) is 5.50. The molecule has 23 heavy (non-hydrogen) atoms. The molecule has 0 unspecified atom stereocenters. The minimum absolute atomic E-state index is 0.147. The molecule has 1 saturated heterocycles. The van der Waals surface area contributed by atoms with E-state index in [1.807, 2.05) is 6.92 Å². The van der Waals surface area contributed by atoms with Crippen LogP contribution in [0, 0.1) is 16.7 Å². The van der Waals surface area contributed by atoms with Crippen LogP contribution < -0.4 is 0 Å². The van der Waals surface area contributed by atoms with E-state index in [0.29, 0.717) is 12.8 Å². The molecule has 3 fully saturated rings. The molecule has 2 aliphatic carbocycles. The van der Waals surface area contributed by atoms with Gasteiger partial charge in [-0.2, -0.15) is 0 Å². The van der Waals surface area contributed by atoms with Gasteiger partial charge in [-0.15, -0.1) is 0 Å². The molecule has 7 nitrogen and oxygen atoms in total. The molecule has 0 aromatic heterocycles. The van der Waals surface area contributed by atoms with Crippen molar-refractivity contribution in [3.8, 4) is 0 Å². The number of rotatable bonds is 3. The highest BCUT2D eigenvalue weighted by Crippen LogP contribution is 2.64. The number of aliphatic hydroxyl groups excluding tert-OH is 4. The maximum absolute atomic E-state index is 12.4. The first kappa shape index (κ1) is 17.3. The zero-order valence-corrected chi connectivity index (χ0v) is 13.7. The fourth-order valence-electron chi connectivity index (χ4n) is 4.47. The van der Waals surface area contributed by atoms with Gasteiger partial charge >= 0.3 is 0 Å². The van der Waals surface area contributed by atoms with Crippen molar-refractivity contribution in [1.29, 1.82) is 0 Å². The van der Waals surface area contributed by atoms with Gasteiger partial charge in [0.05, 0.1) is 18.1 Å². The Morgan fingerprint density at radius 2 is 1.83 bits per heavy atom. The molecule has 3 aliphatic rings. The maximum atomic E-state index is 12.4. The molecule has 4 N–H and O–H groups in total. The number of hydrogen-bond acceptors (Lipinski definition) is 7. The second-order valence-electron chi connectivity index (χ2n) is 7.81. The van der Waals surface area contributed by atoms with Gasteiger partial charge in [0.1, 0.15) is 30.2 Å². The average Bonchev–Trinajstić information content (AvgIpc) is 2.79. The van der Waals surface area contributed by atoms with Crippen LogP contribution in [0.15, 0.2) is 0 Å². The van der Waals surface area contributed by atoms with E-state index in [9.17, 15) is 25.2 Å². The van der Waals surface area contributed by atoms with Crippen LogP contribution in [0.25, 0.3) is 0 Å². The van der Waals surface area contributed by atoms with Crippen LogP contribution in [0.1, 0.15) is 33.6 Å². The number of fused-ring (bicyclic) bond motifs is 2. The lowest BCUT2D eigenvalue weighted by Crippen LogP contribution is -2.60. The van der Waals surface area contributed by atoms with E-state index in [4.69, 9.17) is 9.47 Å². The Morgan fingerprint density at radius 3 is 2.35 bits per heavy atom. The summed E-state index contributed by atoms with van der Waals surface area (Å²) in [6.07, 6.45) is -5.71. The second-order valence-corrected chi connectivity index (χ2v) is 7.81. The van der Waals surface area contributed by atoms with E-state index in [-0.39, 0.29) is 17.1 Å². The lowest BCUT2D eigenvalue weighted by molar-refractivity contribution is -0.317. The highest BCUT2D eigenvalue weighted by molar-refractivity contribution is 5.90. The molecule has 3 rings (SSSR count). The standard InChI is InChI=1S/C16H26O7/c1-15(2)7-4-9(18)16(15,3)10(5-7)23-14-13(21)12(20)11(19)8(6-17)22-14/h7-8,10-14,17,19-21H,4-6H2,1-3H3/t7-,8+,10+,11+,12-,13+,14-,16+/m0/s1. The second kappa shape index (κ2) is 5.47. The van der Waals surface area contributed by atoms with Crippen LogP contribution >= 0.6 is 0 Å². The monoisotopic (exact) mass is 330 g/mol. The van der Waals surface area contributed by atoms with Gasteiger partial charge in [0.15, 0.2) is 6.29 Å². The third-order valence-electron chi connectivity index (χ3n) is 6.66. The lowest BCUT2D eigenvalue weighted by Gasteiger charge is -2.43. The van der Waals surface area contributed by atoms with Crippen LogP contribution in [0.2, 0.25) is 0 Å². The van der Waals surface area contributed by atoms with Gasteiger partial charge in [0, 0.05) is 6.42 Å². The summed E-state index contributed by atoms with van der Waals surface area (Å²) in [7, 11) is 0. The van der Waals surface area contributed by atoms with Gasteiger partial charge in [-0.25, -0.2) is 0 Å². The Kier molecular flexibility index (Phi) is 4.11. The molecular weight excluding hydrogens is 304 g/mol. The minimum Gasteiger partial charge on any atom is -0.394 e. The van der Waals surface area contributed by atoms with Gasteiger partial charge in [-0.3, -0.25) is 4.79 Å². The highest BCUT2D eigenvalue weighted by atomic mass is 16.7. The van der Waals surface area contributed by atoms with Crippen molar-refractivity contribution in [3.63, 3.8) is 0 Å².